The summed E-state index contributed by atoms with van der Waals surface area (Å²) in [6.45, 7) is 0. The molecule has 0 fully saturated rings. The number of hydrogen-bond acceptors (Lipinski definition) is 4. The monoisotopic (exact) mass is 501 g/mol. The van der Waals surface area contributed by atoms with Crippen molar-refractivity contribution in [2.45, 2.75) is 6.23 Å². The largest absolute Gasteiger partial charge is 0.461 e. The molecule has 8 heteroatoms. The molecule has 0 bridgehead atoms. The predicted octanol–water partition coefficient (Wildman–Crippen LogP) is 6.47. The molecule has 0 aliphatic carbocycles. The Morgan fingerprint density at radius 2 is 1.63 bits per heavy atom. The highest BCUT2D eigenvalue weighted by molar-refractivity contribution is 9.10. The Bertz CT molecular complexity index is 1160. The van der Waals surface area contributed by atoms with Crippen molar-refractivity contribution in [1.29, 1.82) is 0 Å². The van der Waals surface area contributed by atoms with Crippen LogP contribution in [0.15, 0.2) is 83.9 Å². The molecule has 0 aliphatic rings. The molecule has 30 heavy (non-hydrogen) atoms. The molecular formula is C22H14BrCl2N3O2. The molecule has 0 saturated heterocycles. The van der Waals surface area contributed by atoms with E-state index in [1.54, 1.807) is 24.3 Å². The fraction of sp³-hybridized carbons (Fsp3) is 0.0455. The van der Waals surface area contributed by atoms with Crippen molar-refractivity contribution in [2.75, 3.05) is 0 Å². The summed E-state index contributed by atoms with van der Waals surface area (Å²) in [5.74, 6) is 0.147. The van der Waals surface area contributed by atoms with Crippen molar-refractivity contribution < 1.29 is 9.53 Å². The summed E-state index contributed by atoms with van der Waals surface area (Å²) < 4.78 is 8.34. The minimum atomic E-state index is -1.07. The first-order chi connectivity index (χ1) is 14.5. The smallest absolute Gasteiger partial charge is 0.256 e. The van der Waals surface area contributed by atoms with Crippen molar-refractivity contribution in [3.8, 4) is 16.9 Å². The fourth-order valence-electron chi connectivity index (χ4n) is 2.89. The van der Waals surface area contributed by atoms with Crippen LogP contribution in [0, 0.1) is 0 Å². The van der Waals surface area contributed by atoms with Gasteiger partial charge in [0, 0.05) is 15.1 Å². The molecule has 0 N–H and O–H groups in total. The van der Waals surface area contributed by atoms with Crippen molar-refractivity contribution in [3.05, 3.63) is 99.5 Å². The van der Waals surface area contributed by atoms with Gasteiger partial charge in [0.1, 0.15) is 18.4 Å². The number of carbonyl (C=O) groups excluding carboxylic acids is 1. The Balaban J connectivity index is 1.61. The first-order valence-electron chi connectivity index (χ1n) is 8.87. The quantitative estimate of drug-likeness (QED) is 0.283. The van der Waals surface area contributed by atoms with Gasteiger partial charge in [0.05, 0.1) is 5.02 Å². The van der Waals surface area contributed by atoms with Gasteiger partial charge in [0.2, 0.25) is 5.78 Å². The van der Waals surface area contributed by atoms with Gasteiger partial charge in [0.15, 0.2) is 0 Å². The summed E-state index contributed by atoms with van der Waals surface area (Å²) >= 11 is 15.6. The number of Topliss-reactive ketones (excluding diaryl/α,β-unsaturated/α-hetero) is 1. The molecule has 4 rings (SSSR count). The summed E-state index contributed by atoms with van der Waals surface area (Å²) in [5.41, 5.74) is 2.38. The summed E-state index contributed by atoms with van der Waals surface area (Å²) in [7, 11) is 0. The Hall–Kier alpha value is -2.67. The Morgan fingerprint density at radius 1 is 0.967 bits per heavy atom. The second kappa shape index (κ2) is 9.00. The van der Waals surface area contributed by atoms with Crippen LogP contribution in [0.1, 0.15) is 16.6 Å². The third-order valence-corrected chi connectivity index (χ3v) is 5.45. The number of rotatable bonds is 6. The van der Waals surface area contributed by atoms with E-state index in [0.29, 0.717) is 10.8 Å². The van der Waals surface area contributed by atoms with Gasteiger partial charge < -0.3 is 4.74 Å². The lowest BCUT2D eigenvalue weighted by atomic mass is 10.1. The van der Waals surface area contributed by atoms with E-state index in [9.17, 15) is 4.79 Å². The lowest BCUT2D eigenvalue weighted by Gasteiger charge is -2.19. The lowest BCUT2D eigenvalue weighted by Crippen LogP contribution is -2.26. The van der Waals surface area contributed by atoms with Crippen LogP contribution < -0.4 is 4.74 Å². The zero-order chi connectivity index (χ0) is 21.1. The number of halogens is 3. The van der Waals surface area contributed by atoms with Crippen LogP contribution in [0.2, 0.25) is 10.0 Å². The molecule has 150 valence electrons. The van der Waals surface area contributed by atoms with E-state index in [1.165, 1.54) is 23.4 Å². The minimum Gasteiger partial charge on any atom is -0.461 e. The van der Waals surface area contributed by atoms with Crippen LogP contribution >= 0.6 is 39.1 Å². The average molecular weight is 503 g/mol. The highest BCUT2D eigenvalue weighted by atomic mass is 79.9. The number of benzene rings is 3. The first kappa shape index (κ1) is 20.6. The Labute approximate surface area is 191 Å². The van der Waals surface area contributed by atoms with Crippen LogP contribution in [-0.4, -0.2) is 20.5 Å². The van der Waals surface area contributed by atoms with Crippen LogP contribution in [0.3, 0.4) is 0 Å². The molecule has 0 spiro atoms. The van der Waals surface area contributed by atoms with E-state index in [2.05, 4.69) is 26.0 Å². The molecule has 0 aliphatic heterocycles. The molecule has 0 saturated carbocycles. The number of ketones is 1. The van der Waals surface area contributed by atoms with Crippen molar-refractivity contribution >= 4 is 44.9 Å². The number of nitrogens with zero attached hydrogens (tertiary/aromatic N) is 3. The maximum Gasteiger partial charge on any atom is 0.256 e. The van der Waals surface area contributed by atoms with E-state index in [4.69, 9.17) is 27.9 Å². The SMILES string of the molecule is O=C(c1ccc(Cl)cc1Cl)C(Oc1ccc(-c2ccc(Br)cc2)cc1)n1cncn1. The normalized spacial score (nSPS) is 11.8. The lowest BCUT2D eigenvalue weighted by molar-refractivity contribution is 0.0619. The summed E-state index contributed by atoms with van der Waals surface area (Å²) in [6.07, 6.45) is 1.69. The van der Waals surface area contributed by atoms with Gasteiger partial charge in [-0.25, -0.2) is 9.67 Å². The third-order valence-electron chi connectivity index (χ3n) is 4.38. The molecule has 1 heterocycles. The fourth-order valence-corrected chi connectivity index (χ4v) is 3.65. The maximum absolute atomic E-state index is 13.2. The zero-order valence-corrected chi connectivity index (χ0v) is 18.5. The van der Waals surface area contributed by atoms with Crippen LogP contribution in [-0.2, 0) is 0 Å². The van der Waals surface area contributed by atoms with Crippen molar-refractivity contribution in [3.63, 3.8) is 0 Å². The van der Waals surface area contributed by atoms with Crippen molar-refractivity contribution in [2.24, 2.45) is 0 Å². The van der Waals surface area contributed by atoms with E-state index < -0.39 is 6.23 Å². The minimum absolute atomic E-state index is 0.242. The second-order valence-electron chi connectivity index (χ2n) is 6.37. The molecule has 1 aromatic heterocycles. The van der Waals surface area contributed by atoms with Gasteiger partial charge in [-0.15, -0.1) is 0 Å². The Morgan fingerprint density at radius 3 is 2.23 bits per heavy atom. The number of aromatic nitrogens is 3. The number of hydrogen-bond donors (Lipinski definition) is 0. The van der Waals surface area contributed by atoms with Crippen LogP contribution in [0.5, 0.6) is 5.75 Å². The molecular weight excluding hydrogens is 489 g/mol. The Kier molecular flexibility index (Phi) is 6.18. The average Bonchev–Trinajstić information content (AvgIpc) is 3.27. The molecule has 4 aromatic rings. The summed E-state index contributed by atoms with van der Waals surface area (Å²) in [4.78, 5) is 17.1. The molecule has 1 unspecified atom stereocenters. The zero-order valence-electron chi connectivity index (χ0n) is 15.4. The van der Waals surface area contributed by atoms with Gasteiger partial charge in [-0.1, -0.05) is 63.4 Å². The second-order valence-corrected chi connectivity index (χ2v) is 8.12. The molecule has 3 aromatic carbocycles. The topological polar surface area (TPSA) is 57.0 Å². The third kappa shape index (κ3) is 4.56. The van der Waals surface area contributed by atoms with E-state index in [-0.39, 0.29) is 16.4 Å². The molecule has 0 radical (unpaired) electrons. The van der Waals surface area contributed by atoms with Crippen LogP contribution in [0.25, 0.3) is 11.1 Å². The van der Waals surface area contributed by atoms with E-state index >= 15 is 0 Å². The maximum atomic E-state index is 13.2. The standard InChI is InChI=1S/C22H14BrCl2N3O2/c23-16-5-1-14(2-6-16)15-3-8-18(9-4-15)30-22(28-13-26-12-27-28)21(29)19-10-7-17(24)11-20(19)25/h1-13,22H. The molecule has 1 atom stereocenters. The summed E-state index contributed by atoms with van der Waals surface area (Å²) in [5, 5.41) is 4.75. The first-order valence-corrected chi connectivity index (χ1v) is 10.4. The summed E-state index contributed by atoms with van der Waals surface area (Å²) in [6, 6.07) is 20.1. The van der Waals surface area contributed by atoms with Gasteiger partial charge in [-0.2, -0.15) is 5.10 Å². The number of ether oxygens (including phenoxy) is 1. The van der Waals surface area contributed by atoms with Gasteiger partial charge >= 0.3 is 0 Å². The van der Waals surface area contributed by atoms with Gasteiger partial charge in [-0.05, 0) is 53.6 Å². The number of carbonyl (C=O) groups is 1. The van der Waals surface area contributed by atoms with E-state index in [0.717, 1.165) is 15.6 Å². The van der Waals surface area contributed by atoms with Crippen LogP contribution in [0.4, 0.5) is 0 Å². The molecule has 0 amide bonds. The van der Waals surface area contributed by atoms with Crippen molar-refractivity contribution in [1.82, 2.24) is 14.8 Å². The van der Waals surface area contributed by atoms with Gasteiger partial charge in [-0.3, -0.25) is 4.79 Å². The van der Waals surface area contributed by atoms with Gasteiger partial charge in [0.25, 0.3) is 6.23 Å². The molecule has 5 nitrogen and oxygen atoms in total. The van der Waals surface area contributed by atoms with E-state index in [1.807, 2.05) is 36.4 Å². The highest BCUT2D eigenvalue weighted by Gasteiger charge is 2.26. The predicted molar refractivity (Wildman–Crippen MR) is 120 cm³/mol. The highest BCUT2D eigenvalue weighted by Crippen LogP contribution is 2.28.